The Morgan fingerprint density at radius 1 is 1.50 bits per heavy atom. The third-order valence-corrected chi connectivity index (χ3v) is 4.53. The third-order valence-electron chi connectivity index (χ3n) is 3.63. The van der Waals surface area contributed by atoms with Crippen LogP contribution in [0.3, 0.4) is 0 Å². The fourth-order valence-corrected chi connectivity index (χ4v) is 3.04. The molecule has 0 saturated heterocycles. The number of amides is 2. The van der Waals surface area contributed by atoms with E-state index in [-0.39, 0.29) is 18.1 Å². The van der Waals surface area contributed by atoms with Crippen LogP contribution in [0.4, 0.5) is 10.6 Å². The summed E-state index contributed by atoms with van der Waals surface area (Å²) in [6.07, 6.45) is 0.797. The van der Waals surface area contributed by atoms with Crippen molar-refractivity contribution < 1.29 is 4.79 Å². The first-order chi connectivity index (χ1) is 11.5. The Morgan fingerprint density at radius 2 is 2.29 bits per heavy atom. The number of anilines is 1. The minimum Gasteiger partial charge on any atom is -0.320 e. The maximum Gasteiger partial charge on any atom is 0.323 e. The molecule has 0 spiro atoms. The molecule has 0 fully saturated rings. The van der Waals surface area contributed by atoms with Crippen LogP contribution in [-0.4, -0.2) is 37.7 Å². The molecule has 0 aliphatic carbocycles. The predicted octanol–water partition coefficient (Wildman–Crippen LogP) is 1.94. The van der Waals surface area contributed by atoms with Gasteiger partial charge in [-0.05, 0) is 17.9 Å². The fourth-order valence-electron chi connectivity index (χ4n) is 2.31. The molecule has 0 atom stereocenters. The van der Waals surface area contributed by atoms with Crippen molar-refractivity contribution >= 4 is 33.4 Å². The van der Waals surface area contributed by atoms with E-state index in [4.69, 9.17) is 0 Å². The van der Waals surface area contributed by atoms with Crippen LogP contribution in [0.5, 0.6) is 0 Å². The predicted molar refractivity (Wildman–Crippen MR) is 93.3 cm³/mol. The summed E-state index contributed by atoms with van der Waals surface area (Å²) < 4.78 is 2.22. The van der Waals surface area contributed by atoms with Crippen molar-refractivity contribution in [3.63, 3.8) is 0 Å². The van der Waals surface area contributed by atoms with E-state index in [0.29, 0.717) is 21.9 Å². The van der Waals surface area contributed by atoms with E-state index in [0.717, 1.165) is 12.1 Å². The van der Waals surface area contributed by atoms with Crippen molar-refractivity contribution in [1.29, 1.82) is 0 Å². The standard InChI is InChI=1S/C15H18N6O2S/c1-4-9-7-12(21(3)19-9)18-15(23)20(2)8-11-16-10-5-6-24-13(10)14(22)17-11/h5-7H,4,8H2,1-3H3,(H,18,23)(H,16,17,22). The summed E-state index contributed by atoms with van der Waals surface area (Å²) >= 11 is 1.35. The lowest BCUT2D eigenvalue weighted by molar-refractivity contribution is 0.219. The first kappa shape index (κ1) is 16.2. The molecule has 9 heteroatoms. The highest BCUT2D eigenvalue weighted by molar-refractivity contribution is 7.17. The van der Waals surface area contributed by atoms with Crippen LogP contribution in [0.25, 0.3) is 10.2 Å². The van der Waals surface area contributed by atoms with Crippen molar-refractivity contribution in [3.8, 4) is 0 Å². The number of nitrogens with one attached hydrogen (secondary N) is 2. The maximum atomic E-state index is 12.3. The van der Waals surface area contributed by atoms with Crippen LogP contribution >= 0.6 is 11.3 Å². The van der Waals surface area contributed by atoms with E-state index >= 15 is 0 Å². The number of aromatic nitrogens is 4. The number of nitrogens with zero attached hydrogens (tertiary/aromatic N) is 4. The lowest BCUT2D eigenvalue weighted by atomic mass is 10.3. The Balaban J connectivity index is 1.73. The van der Waals surface area contributed by atoms with Crippen LogP contribution in [0.15, 0.2) is 22.3 Å². The highest BCUT2D eigenvalue weighted by Gasteiger charge is 2.14. The summed E-state index contributed by atoms with van der Waals surface area (Å²) in [7, 11) is 3.42. The lowest BCUT2D eigenvalue weighted by Crippen LogP contribution is -2.32. The number of fused-ring (bicyclic) bond motifs is 1. The van der Waals surface area contributed by atoms with Crippen LogP contribution < -0.4 is 10.9 Å². The van der Waals surface area contributed by atoms with Crippen molar-refractivity contribution in [1.82, 2.24) is 24.6 Å². The zero-order chi connectivity index (χ0) is 17.3. The van der Waals surface area contributed by atoms with Gasteiger partial charge in [-0.1, -0.05) is 6.92 Å². The quantitative estimate of drug-likeness (QED) is 0.754. The molecule has 3 aromatic heterocycles. The molecule has 0 aromatic carbocycles. The Kier molecular flexibility index (Phi) is 4.34. The van der Waals surface area contributed by atoms with Crippen molar-refractivity contribution in [2.45, 2.75) is 19.9 Å². The Labute approximate surface area is 142 Å². The van der Waals surface area contributed by atoms with Gasteiger partial charge in [-0.25, -0.2) is 9.78 Å². The average molecular weight is 346 g/mol. The fraction of sp³-hybridized carbons (Fsp3) is 0.333. The van der Waals surface area contributed by atoms with Crippen molar-refractivity contribution in [3.05, 3.63) is 39.4 Å². The van der Waals surface area contributed by atoms with Gasteiger partial charge in [0.2, 0.25) is 0 Å². The first-order valence-corrected chi connectivity index (χ1v) is 8.37. The highest BCUT2D eigenvalue weighted by atomic mass is 32.1. The molecule has 24 heavy (non-hydrogen) atoms. The number of thiophene rings is 1. The van der Waals surface area contributed by atoms with Crippen LogP contribution in [-0.2, 0) is 20.0 Å². The molecular weight excluding hydrogens is 328 g/mol. The largest absolute Gasteiger partial charge is 0.323 e. The van der Waals surface area contributed by atoms with E-state index < -0.39 is 0 Å². The van der Waals surface area contributed by atoms with Gasteiger partial charge in [0.05, 0.1) is 17.8 Å². The monoisotopic (exact) mass is 346 g/mol. The van der Waals surface area contributed by atoms with E-state index in [1.807, 2.05) is 18.4 Å². The van der Waals surface area contributed by atoms with E-state index in [9.17, 15) is 9.59 Å². The number of rotatable bonds is 4. The Morgan fingerprint density at radius 3 is 3.00 bits per heavy atom. The van der Waals surface area contributed by atoms with Gasteiger partial charge in [0.25, 0.3) is 5.56 Å². The molecule has 0 unspecified atom stereocenters. The molecule has 8 nitrogen and oxygen atoms in total. The number of carbonyl (C=O) groups excluding carboxylic acids is 1. The average Bonchev–Trinajstić information content (AvgIpc) is 3.14. The molecule has 0 saturated carbocycles. The first-order valence-electron chi connectivity index (χ1n) is 7.49. The van der Waals surface area contributed by atoms with Gasteiger partial charge in [0, 0.05) is 20.2 Å². The molecule has 3 rings (SSSR count). The van der Waals surface area contributed by atoms with Crippen molar-refractivity contribution in [2.75, 3.05) is 12.4 Å². The number of carbonyl (C=O) groups is 1. The Bertz CT molecular complexity index is 941. The highest BCUT2D eigenvalue weighted by Crippen LogP contribution is 2.14. The van der Waals surface area contributed by atoms with Gasteiger partial charge >= 0.3 is 6.03 Å². The number of H-pyrrole nitrogens is 1. The minimum absolute atomic E-state index is 0.182. The van der Waals surface area contributed by atoms with Crippen molar-refractivity contribution in [2.24, 2.45) is 7.05 Å². The normalized spacial score (nSPS) is 11.0. The smallest absolute Gasteiger partial charge is 0.320 e. The lowest BCUT2D eigenvalue weighted by Gasteiger charge is -2.17. The second-order valence-electron chi connectivity index (χ2n) is 5.43. The second-order valence-corrected chi connectivity index (χ2v) is 6.35. The third kappa shape index (κ3) is 3.16. The molecule has 3 aromatic rings. The minimum atomic E-state index is -0.297. The van der Waals surface area contributed by atoms with Gasteiger partial charge in [-0.2, -0.15) is 5.10 Å². The van der Waals surface area contributed by atoms with Gasteiger partial charge in [-0.3, -0.25) is 14.8 Å². The van der Waals surface area contributed by atoms with Gasteiger partial charge < -0.3 is 9.88 Å². The van der Waals surface area contributed by atoms with Crippen LogP contribution in [0.1, 0.15) is 18.4 Å². The zero-order valence-corrected chi connectivity index (χ0v) is 14.5. The molecule has 126 valence electrons. The van der Waals surface area contributed by atoms with E-state index in [1.165, 1.54) is 16.2 Å². The molecule has 0 bridgehead atoms. The van der Waals surface area contributed by atoms with Gasteiger partial charge in [0.15, 0.2) is 0 Å². The second kappa shape index (κ2) is 6.44. The van der Waals surface area contributed by atoms with E-state index in [2.05, 4.69) is 20.4 Å². The molecule has 0 aliphatic heterocycles. The molecule has 2 N–H and O–H groups in total. The molecule has 2 amide bonds. The van der Waals surface area contributed by atoms with Gasteiger partial charge in [0.1, 0.15) is 16.3 Å². The summed E-state index contributed by atoms with van der Waals surface area (Å²) in [6.45, 7) is 2.20. The number of hydrogen-bond donors (Lipinski definition) is 2. The number of hydrogen-bond acceptors (Lipinski definition) is 5. The summed E-state index contributed by atoms with van der Waals surface area (Å²) in [5.41, 5.74) is 1.37. The number of aromatic amines is 1. The molecule has 3 heterocycles. The molecule has 0 radical (unpaired) electrons. The number of urea groups is 1. The Hall–Kier alpha value is -2.68. The maximum absolute atomic E-state index is 12.3. The van der Waals surface area contributed by atoms with Crippen LogP contribution in [0.2, 0.25) is 0 Å². The zero-order valence-electron chi connectivity index (χ0n) is 13.7. The summed E-state index contributed by atoms with van der Waals surface area (Å²) in [5.74, 6) is 1.07. The summed E-state index contributed by atoms with van der Waals surface area (Å²) in [4.78, 5) is 32.8. The van der Waals surface area contributed by atoms with Gasteiger partial charge in [-0.15, -0.1) is 11.3 Å². The van der Waals surface area contributed by atoms with Crippen LogP contribution in [0, 0.1) is 0 Å². The molecular formula is C15H18N6O2S. The summed E-state index contributed by atoms with van der Waals surface area (Å²) in [6, 6.07) is 3.33. The summed E-state index contributed by atoms with van der Waals surface area (Å²) in [5, 5.41) is 8.91. The van der Waals surface area contributed by atoms with E-state index in [1.54, 1.807) is 24.8 Å². The SMILES string of the molecule is CCc1cc(NC(=O)N(C)Cc2nc3ccsc3c(=O)[nH]2)n(C)n1. The topological polar surface area (TPSA) is 95.9 Å². The number of aryl methyl sites for hydroxylation is 2. The molecule has 0 aliphatic rings.